The first kappa shape index (κ1) is 27.0. The number of alkyl halides is 3. The Bertz CT molecular complexity index is 1160. The molecule has 3 rings (SSSR count). The van der Waals surface area contributed by atoms with E-state index in [1.165, 1.54) is 25.3 Å². The maximum Gasteiger partial charge on any atom is 0.419 e. The molecular weight excluding hydrogens is 476 g/mol. The molecule has 2 heterocycles. The van der Waals surface area contributed by atoms with E-state index in [9.17, 15) is 22.4 Å². The number of amides is 1. The second-order valence-corrected chi connectivity index (χ2v) is 8.55. The third-order valence-corrected chi connectivity index (χ3v) is 6.17. The molecule has 1 amide bonds. The molecule has 1 N–H and O–H groups in total. The molecule has 2 atom stereocenters. The Morgan fingerprint density at radius 2 is 2.00 bits per heavy atom. The number of benzene rings is 1. The number of hydrogen-bond acceptors (Lipinski definition) is 5. The zero-order chi connectivity index (χ0) is 26.5. The van der Waals surface area contributed by atoms with Gasteiger partial charge in [-0.25, -0.2) is 24.3 Å². The van der Waals surface area contributed by atoms with E-state index in [1.807, 2.05) is 6.92 Å². The van der Waals surface area contributed by atoms with Crippen LogP contribution < -0.4 is 5.32 Å². The maximum atomic E-state index is 14.6. The van der Waals surface area contributed by atoms with Crippen LogP contribution in [0.3, 0.4) is 0 Å². The van der Waals surface area contributed by atoms with Gasteiger partial charge in [0.2, 0.25) is 5.95 Å². The molecule has 36 heavy (non-hydrogen) atoms. The van der Waals surface area contributed by atoms with Gasteiger partial charge in [0, 0.05) is 37.2 Å². The molecule has 2 unspecified atom stereocenters. The summed E-state index contributed by atoms with van der Waals surface area (Å²) in [7, 11) is 0. The summed E-state index contributed by atoms with van der Waals surface area (Å²) < 4.78 is 53.0. The number of nitrogens with one attached hydrogen (secondary N) is 1. The van der Waals surface area contributed by atoms with Crippen LogP contribution in [0.4, 0.5) is 23.5 Å². The van der Waals surface area contributed by atoms with E-state index in [1.54, 1.807) is 17.9 Å². The molecule has 0 spiro atoms. The van der Waals surface area contributed by atoms with Gasteiger partial charge in [-0.3, -0.25) is 4.79 Å². The number of likely N-dealkylation sites (tertiary alicyclic amines) is 1. The normalized spacial score (nSPS) is 19.0. The van der Waals surface area contributed by atoms with E-state index in [0.29, 0.717) is 24.5 Å². The summed E-state index contributed by atoms with van der Waals surface area (Å²) in [5.74, 6) is -0.638. The van der Waals surface area contributed by atoms with Crippen LogP contribution in [0.15, 0.2) is 46.8 Å². The highest BCUT2D eigenvalue weighted by atomic mass is 19.4. The van der Waals surface area contributed by atoms with Crippen molar-refractivity contribution in [1.29, 1.82) is 0 Å². The minimum absolute atomic E-state index is 0.0208. The maximum absolute atomic E-state index is 14.6. The number of nitrogens with zero attached hydrogens (tertiary/aromatic N) is 5. The lowest BCUT2D eigenvalue weighted by atomic mass is 9.89. The van der Waals surface area contributed by atoms with Gasteiger partial charge in [0.15, 0.2) is 5.84 Å². The summed E-state index contributed by atoms with van der Waals surface area (Å²) in [5, 5.41) is 2.94. The van der Waals surface area contributed by atoms with Crippen molar-refractivity contribution in [3.05, 3.63) is 64.9 Å². The van der Waals surface area contributed by atoms with E-state index in [4.69, 9.17) is 0 Å². The number of aromatic nitrogens is 2. The van der Waals surface area contributed by atoms with Crippen LogP contribution >= 0.6 is 0 Å². The Kier molecular flexibility index (Phi) is 8.54. The molecule has 1 saturated heterocycles. The number of aliphatic imine (C=N–C) groups is 2. The number of piperidine rings is 1. The summed E-state index contributed by atoms with van der Waals surface area (Å²) in [4.78, 5) is 31.2. The highest BCUT2D eigenvalue weighted by molar-refractivity contribution is 6.11. The van der Waals surface area contributed by atoms with Crippen molar-refractivity contribution >= 4 is 24.4 Å². The first-order valence-corrected chi connectivity index (χ1v) is 11.5. The molecule has 1 aliphatic rings. The van der Waals surface area contributed by atoms with Crippen molar-refractivity contribution in [3.8, 4) is 0 Å². The number of carbonyl (C=O) groups is 1. The highest BCUT2D eigenvalue weighted by Gasteiger charge is 2.35. The number of rotatable bonds is 6. The molecule has 0 aliphatic carbocycles. The van der Waals surface area contributed by atoms with E-state index in [0.717, 1.165) is 12.8 Å². The Labute approximate surface area is 207 Å². The molecule has 0 bridgehead atoms. The molecule has 192 valence electrons. The second kappa shape index (κ2) is 11.4. The van der Waals surface area contributed by atoms with Crippen molar-refractivity contribution in [3.63, 3.8) is 0 Å². The van der Waals surface area contributed by atoms with Crippen LogP contribution in [0.2, 0.25) is 0 Å². The first-order chi connectivity index (χ1) is 17.1. The predicted octanol–water partition coefficient (Wildman–Crippen LogP) is 5.28. The van der Waals surface area contributed by atoms with Gasteiger partial charge < -0.3 is 10.2 Å². The fourth-order valence-corrected chi connectivity index (χ4v) is 4.21. The molecular formula is C25H28F4N6O. The lowest BCUT2D eigenvalue weighted by Gasteiger charge is -2.40. The Morgan fingerprint density at radius 1 is 1.31 bits per heavy atom. The average Bonchev–Trinajstić information content (AvgIpc) is 2.85. The molecule has 2 aromatic rings. The third-order valence-electron chi connectivity index (χ3n) is 6.17. The van der Waals surface area contributed by atoms with Gasteiger partial charge in [-0.15, -0.1) is 0 Å². The predicted molar refractivity (Wildman–Crippen MR) is 131 cm³/mol. The number of carbonyl (C=O) groups excluding carboxylic acids is 1. The molecule has 7 nitrogen and oxygen atoms in total. The van der Waals surface area contributed by atoms with E-state index in [2.05, 4.69) is 32.0 Å². The number of hydrogen-bond donors (Lipinski definition) is 1. The van der Waals surface area contributed by atoms with Crippen molar-refractivity contribution in [2.45, 2.75) is 45.8 Å². The van der Waals surface area contributed by atoms with Crippen LogP contribution in [0, 0.1) is 18.7 Å². The van der Waals surface area contributed by atoms with Gasteiger partial charge in [-0.2, -0.15) is 13.2 Å². The zero-order valence-corrected chi connectivity index (χ0v) is 20.3. The summed E-state index contributed by atoms with van der Waals surface area (Å²) in [6.45, 7) is 9.47. The fraction of sp³-hybridized carbons (Fsp3) is 0.400. The van der Waals surface area contributed by atoms with Gasteiger partial charge >= 0.3 is 6.18 Å². The third kappa shape index (κ3) is 5.95. The van der Waals surface area contributed by atoms with Gasteiger partial charge in [-0.1, -0.05) is 13.0 Å². The van der Waals surface area contributed by atoms with Crippen molar-refractivity contribution in [2.75, 3.05) is 18.4 Å². The Morgan fingerprint density at radius 3 is 2.61 bits per heavy atom. The van der Waals surface area contributed by atoms with Crippen molar-refractivity contribution in [1.82, 2.24) is 14.9 Å². The van der Waals surface area contributed by atoms with Gasteiger partial charge in [0.25, 0.3) is 5.91 Å². The van der Waals surface area contributed by atoms with Crippen LogP contribution in [-0.2, 0) is 6.18 Å². The smallest absolute Gasteiger partial charge is 0.352 e. The lowest BCUT2D eigenvalue weighted by molar-refractivity contribution is -0.138. The number of anilines is 1. The van der Waals surface area contributed by atoms with E-state index < -0.39 is 17.6 Å². The number of amidine groups is 1. The molecule has 0 radical (unpaired) electrons. The SMILES string of the molecule is C=NC(=NC=CC)c1ccc(F)c(C)c1C(=O)N1CCCC(C)C1CNc1ncc(C(F)(F)F)cn1. The zero-order valence-electron chi connectivity index (χ0n) is 20.3. The summed E-state index contributed by atoms with van der Waals surface area (Å²) in [6.07, 6.45) is 1.69. The highest BCUT2D eigenvalue weighted by Crippen LogP contribution is 2.30. The first-order valence-electron chi connectivity index (χ1n) is 11.5. The van der Waals surface area contributed by atoms with Crippen molar-refractivity contribution in [2.24, 2.45) is 15.9 Å². The van der Waals surface area contributed by atoms with Crippen molar-refractivity contribution < 1.29 is 22.4 Å². The van der Waals surface area contributed by atoms with Gasteiger partial charge in [-0.05, 0) is 57.0 Å². The second-order valence-electron chi connectivity index (χ2n) is 8.55. The summed E-state index contributed by atoms with van der Waals surface area (Å²) in [6, 6.07) is 2.39. The monoisotopic (exact) mass is 504 g/mol. The number of halogens is 4. The Balaban J connectivity index is 1.92. The van der Waals surface area contributed by atoms with Gasteiger partial charge in [0.05, 0.1) is 17.2 Å². The van der Waals surface area contributed by atoms with Gasteiger partial charge in [0.1, 0.15) is 5.82 Å². The van der Waals surface area contributed by atoms with E-state index in [-0.39, 0.29) is 47.3 Å². The topological polar surface area (TPSA) is 82.8 Å². The standard InChI is InChI=1S/C25H28F4N6O/c1-5-10-31-22(30-4)18-8-9-19(26)16(3)21(18)23(36)35-11-6-7-15(2)20(35)14-34-24-32-12-17(13-33-24)25(27,28)29/h5,8-10,12-13,15,20H,4,6-7,11,14H2,1-3H3,(H,32,33,34). The molecule has 1 fully saturated rings. The van der Waals surface area contributed by atoms with Crippen LogP contribution in [0.1, 0.15) is 53.7 Å². The Hall–Kier alpha value is -3.63. The average molecular weight is 505 g/mol. The van der Waals surface area contributed by atoms with Crippen LogP contribution in [-0.4, -0.2) is 52.5 Å². The fourth-order valence-electron chi connectivity index (χ4n) is 4.21. The molecule has 1 aromatic carbocycles. The van der Waals surface area contributed by atoms with E-state index >= 15 is 0 Å². The van der Waals surface area contributed by atoms with Crippen LogP contribution in [0.5, 0.6) is 0 Å². The molecule has 1 aliphatic heterocycles. The summed E-state index contributed by atoms with van der Waals surface area (Å²) in [5.41, 5.74) is -0.264. The lowest BCUT2D eigenvalue weighted by Crippen LogP contribution is -2.51. The quantitative estimate of drug-likeness (QED) is 0.330. The molecule has 0 saturated carbocycles. The minimum atomic E-state index is -4.53. The number of allylic oxidation sites excluding steroid dienone is 1. The van der Waals surface area contributed by atoms with Crippen LogP contribution in [0.25, 0.3) is 0 Å². The molecule has 11 heteroatoms. The summed E-state index contributed by atoms with van der Waals surface area (Å²) >= 11 is 0. The minimum Gasteiger partial charge on any atom is -0.352 e. The molecule has 1 aromatic heterocycles. The largest absolute Gasteiger partial charge is 0.419 e.